The molecule has 1 amide bonds. The van der Waals surface area contributed by atoms with E-state index in [9.17, 15) is 4.79 Å². The monoisotopic (exact) mass is 369 g/mol. The first kappa shape index (κ1) is 19.2. The summed E-state index contributed by atoms with van der Waals surface area (Å²) >= 11 is 0. The van der Waals surface area contributed by atoms with E-state index in [0.717, 1.165) is 34.6 Å². The molecule has 1 aliphatic heterocycles. The molecule has 0 spiro atoms. The number of ether oxygens (including phenoxy) is 2. The Morgan fingerprint density at radius 3 is 2.81 bits per heavy atom. The van der Waals surface area contributed by atoms with Crippen molar-refractivity contribution in [2.75, 3.05) is 11.9 Å². The SMILES string of the molecule is CC(=O)Nc1cc2c(cn1)C(C)Oc1cc(OC[C@H](N)CC(C)C)ccc1-2. The van der Waals surface area contributed by atoms with Crippen LogP contribution in [0.5, 0.6) is 11.5 Å². The molecule has 3 rings (SSSR count). The lowest BCUT2D eigenvalue weighted by Gasteiger charge is -2.27. The second kappa shape index (κ2) is 7.96. The summed E-state index contributed by atoms with van der Waals surface area (Å²) in [5.41, 5.74) is 9.05. The first-order chi connectivity index (χ1) is 12.8. The summed E-state index contributed by atoms with van der Waals surface area (Å²) in [5.74, 6) is 2.41. The van der Waals surface area contributed by atoms with Gasteiger partial charge in [0.25, 0.3) is 0 Å². The van der Waals surface area contributed by atoms with Crippen molar-refractivity contribution >= 4 is 11.7 Å². The highest BCUT2D eigenvalue weighted by Crippen LogP contribution is 2.44. The molecule has 0 radical (unpaired) electrons. The van der Waals surface area contributed by atoms with Crippen LogP contribution in [-0.2, 0) is 4.79 Å². The zero-order chi connectivity index (χ0) is 19.6. The molecule has 6 heteroatoms. The van der Waals surface area contributed by atoms with E-state index in [4.69, 9.17) is 15.2 Å². The summed E-state index contributed by atoms with van der Waals surface area (Å²) in [6.45, 7) is 8.22. The summed E-state index contributed by atoms with van der Waals surface area (Å²) in [5, 5.41) is 2.73. The maximum Gasteiger partial charge on any atom is 0.222 e. The largest absolute Gasteiger partial charge is 0.492 e. The van der Waals surface area contributed by atoms with Gasteiger partial charge in [-0.3, -0.25) is 4.79 Å². The number of aromatic nitrogens is 1. The minimum absolute atomic E-state index is 0.00730. The van der Waals surface area contributed by atoms with Gasteiger partial charge in [0.15, 0.2) is 0 Å². The molecule has 144 valence electrons. The van der Waals surface area contributed by atoms with E-state index < -0.39 is 0 Å². The number of anilines is 1. The van der Waals surface area contributed by atoms with Crippen LogP contribution in [-0.4, -0.2) is 23.5 Å². The van der Waals surface area contributed by atoms with Crippen molar-refractivity contribution in [3.05, 3.63) is 36.0 Å². The maximum absolute atomic E-state index is 11.3. The fourth-order valence-corrected chi connectivity index (χ4v) is 3.32. The van der Waals surface area contributed by atoms with E-state index in [1.807, 2.05) is 31.2 Å². The Morgan fingerprint density at radius 2 is 2.11 bits per heavy atom. The molecule has 0 fully saturated rings. The molecule has 0 saturated heterocycles. The summed E-state index contributed by atoms with van der Waals surface area (Å²) in [6, 6.07) is 7.68. The van der Waals surface area contributed by atoms with Gasteiger partial charge in [-0.05, 0) is 43.0 Å². The van der Waals surface area contributed by atoms with E-state index in [1.165, 1.54) is 6.92 Å². The van der Waals surface area contributed by atoms with Gasteiger partial charge in [0.2, 0.25) is 5.91 Å². The zero-order valence-electron chi connectivity index (χ0n) is 16.3. The Kier molecular flexibility index (Phi) is 5.65. The molecule has 2 aromatic rings. The third kappa shape index (κ3) is 4.57. The molecule has 2 atom stereocenters. The number of benzene rings is 1. The molecule has 0 saturated carbocycles. The van der Waals surface area contributed by atoms with Crippen molar-refractivity contribution in [2.45, 2.75) is 46.3 Å². The molecule has 0 bridgehead atoms. The number of nitrogens with one attached hydrogen (secondary N) is 1. The molecule has 27 heavy (non-hydrogen) atoms. The Morgan fingerprint density at radius 1 is 1.33 bits per heavy atom. The van der Waals surface area contributed by atoms with Gasteiger partial charge in [-0.25, -0.2) is 4.98 Å². The number of nitrogens with two attached hydrogens (primary N) is 1. The second-order valence-corrected chi connectivity index (χ2v) is 7.46. The second-order valence-electron chi connectivity index (χ2n) is 7.46. The van der Waals surface area contributed by atoms with E-state index >= 15 is 0 Å². The van der Waals surface area contributed by atoms with Gasteiger partial charge >= 0.3 is 0 Å². The van der Waals surface area contributed by atoms with Crippen molar-refractivity contribution in [2.24, 2.45) is 11.7 Å². The average Bonchev–Trinajstić information content (AvgIpc) is 2.58. The fraction of sp³-hybridized carbons (Fsp3) is 0.429. The van der Waals surface area contributed by atoms with E-state index in [1.54, 1.807) is 6.20 Å². The molecule has 6 nitrogen and oxygen atoms in total. The van der Waals surface area contributed by atoms with Gasteiger partial charge in [-0.2, -0.15) is 0 Å². The maximum atomic E-state index is 11.3. The number of carbonyl (C=O) groups excluding carboxylic acids is 1. The molecule has 3 N–H and O–H groups in total. The Labute approximate surface area is 160 Å². The quantitative estimate of drug-likeness (QED) is 0.806. The van der Waals surface area contributed by atoms with Crippen LogP contribution in [0, 0.1) is 5.92 Å². The van der Waals surface area contributed by atoms with Gasteiger partial charge in [0.1, 0.15) is 30.0 Å². The molecule has 0 aliphatic carbocycles. The van der Waals surface area contributed by atoms with E-state index in [0.29, 0.717) is 18.3 Å². The van der Waals surface area contributed by atoms with Crippen molar-refractivity contribution in [3.63, 3.8) is 0 Å². The van der Waals surface area contributed by atoms with Crippen LogP contribution in [0.1, 0.15) is 45.8 Å². The smallest absolute Gasteiger partial charge is 0.222 e. The number of amides is 1. The summed E-state index contributed by atoms with van der Waals surface area (Å²) in [4.78, 5) is 15.6. The lowest BCUT2D eigenvalue weighted by molar-refractivity contribution is -0.114. The van der Waals surface area contributed by atoms with Crippen LogP contribution >= 0.6 is 0 Å². The highest BCUT2D eigenvalue weighted by molar-refractivity contribution is 5.89. The number of hydrogen-bond acceptors (Lipinski definition) is 5. The number of nitrogens with zero attached hydrogens (tertiary/aromatic N) is 1. The summed E-state index contributed by atoms with van der Waals surface area (Å²) in [6.07, 6.45) is 2.54. The Bertz CT molecular complexity index is 835. The highest BCUT2D eigenvalue weighted by Gasteiger charge is 2.24. The minimum atomic E-state index is -0.149. The molecular weight excluding hydrogens is 342 g/mol. The van der Waals surface area contributed by atoms with Gasteiger partial charge in [-0.15, -0.1) is 0 Å². The van der Waals surface area contributed by atoms with Crippen molar-refractivity contribution in [1.29, 1.82) is 0 Å². The van der Waals surface area contributed by atoms with Crippen LogP contribution in [0.2, 0.25) is 0 Å². The van der Waals surface area contributed by atoms with E-state index in [2.05, 4.69) is 24.1 Å². The molecule has 1 aromatic carbocycles. The van der Waals surface area contributed by atoms with Gasteiger partial charge in [0.05, 0.1) is 0 Å². The lowest BCUT2D eigenvalue weighted by atomic mass is 9.95. The number of pyridine rings is 1. The first-order valence-corrected chi connectivity index (χ1v) is 9.30. The lowest BCUT2D eigenvalue weighted by Crippen LogP contribution is -2.29. The third-order valence-electron chi connectivity index (χ3n) is 4.46. The van der Waals surface area contributed by atoms with E-state index in [-0.39, 0.29) is 18.1 Å². The fourth-order valence-electron chi connectivity index (χ4n) is 3.32. The standard InChI is InChI=1S/C21H27N3O3/c1-12(2)7-15(22)11-26-16-5-6-17-18-9-21(24-14(4)25)23-10-19(18)13(3)27-20(17)8-16/h5-6,8-10,12-13,15H,7,11,22H2,1-4H3,(H,23,24,25)/t13?,15-/m1/s1. The zero-order valence-corrected chi connectivity index (χ0v) is 16.3. The Balaban J connectivity index is 1.83. The van der Waals surface area contributed by atoms with Crippen LogP contribution < -0.4 is 20.5 Å². The third-order valence-corrected chi connectivity index (χ3v) is 4.46. The van der Waals surface area contributed by atoms with Crippen LogP contribution in [0.4, 0.5) is 5.82 Å². The molecule has 2 heterocycles. The minimum Gasteiger partial charge on any atom is -0.492 e. The normalized spacial score (nSPS) is 16.1. The summed E-state index contributed by atoms with van der Waals surface area (Å²) < 4.78 is 11.9. The molecular formula is C21H27N3O3. The van der Waals surface area contributed by atoms with Crippen LogP contribution in [0.25, 0.3) is 11.1 Å². The number of fused-ring (bicyclic) bond motifs is 3. The van der Waals surface area contributed by atoms with Crippen molar-refractivity contribution < 1.29 is 14.3 Å². The van der Waals surface area contributed by atoms with Gasteiger partial charge in [-0.1, -0.05) is 13.8 Å². The molecule has 1 unspecified atom stereocenters. The average molecular weight is 369 g/mol. The predicted molar refractivity (Wildman–Crippen MR) is 106 cm³/mol. The number of carbonyl (C=O) groups is 1. The van der Waals surface area contributed by atoms with Crippen LogP contribution in [0.3, 0.4) is 0 Å². The summed E-state index contributed by atoms with van der Waals surface area (Å²) in [7, 11) is 0. The van der Waals surface area contributed by atoms with Gasteiger partial charge < -0.3 is 20.5 Å². The van der Waals surface area contributed by atoms with Crippen molar-refractivity contribution in [3.8, 4) is 22.6 Å². The molecule has 1 aromatic heterocycles. The first-order valence-electron chi connectivity index (χ1n) is 9.30. The number of hydrogen-bond donors (Lipinski definition) is 2. The highest BCUT2D eigenvalue weighted by atomic mass is 16.5. The van der Waals surface area contributed by atoms with Crippen molar-refractivity contribution in [1.82, 2.24) is 4.98 Å². The predicted octanol–water partition coefficient (Wildman–Crippen LogP) is 3.91. The Hall–Kier alpha value is -2.60. The number of rotatable bonds is 6. The molecule has 1 aliphatic rings. The van der Waals surface area contributed by atoms with Gasteiger partial charge in [0, 0.05) is 36.4 Å². The van der Waals surface area contributed by atoms with Crippen LogP contribution in [0.15, 0.2) is 30.5 Å². The topological polar surface area (TPSA) is 86.5 Å².